The summed E-state index contributed by atoms with van der Waals surface area (Å²) in [6.45, 7) is 2.44. The summed E-state index contributed by atoms with van der Waals surface area (Å²) in [5.74, 6) is 0.0168. The first-order valence-corrected chi connectivity index (χ1v) is 6.84. The van der Waals surface area contributed by atoms with E-state index in [1.807, 2.05) is 31.2 Å². The standard InChI is InChI=1S/C14H15BrN2O/c1-10(15)14(18)17-9-7-12-5-2-4-11-6-3-8-16-13(11)12/h2-6,8,10H,7,9H2,1H3,(H,17,18). The van der Waals surface area contributed by atoms with E-state index in [0.29, 0.717) is 6.54 Å². The van der Waals surface area contributed by atoms with Crippen molar-refractivity contribution < 1.29 is 4.79 Å². The number of benzene rings is 1. The smallest absolute Gasteiger partial charge is 0.233 e. The number of nitrogens with zero attached hydrogens (tertiary/aromatic N) is 1. The zero-order chi connectivity index (χ0) is 13.0. The van der Waals surface area contributed by atoms with Crippen LogP contribution < -0.4 is 5.32 Å². The summed E-state index contributed by atoms with van der Waals surface area (Å²) in [7, 11) is 0. The zero-order valence-corrected chi connectivity index (χ0v) is 11.8. The number of carbonyl (C=O) groups is 1. The average molecular weight is 307 g/mol. The monoisotopic (exact) mass is 306 g/mol. The maximum atomic E-state index is 11.4. The second-order valence-corrected chi connectivity index (χ2v) is 5.52. The van der Waals surface area contributed by atoms with Gasteiger partial charge >= 0.3 is 0 Å². The predicted molar refractivity (Wildman–Crippen MR) is 76.8 cm³/mol. The minimum Gasteiger partial charge on any atom is -0.355 e. The summed E-state index contributed by atoms with van der Waals surface area (Å²) in [5.41, 5.74) is 2.18. The van der Waals surface area contributed by atoms with Crippen LogP contribution >= 0.6 is 15.9 Å². The summed E-state index contributed by atoms with van der Waals surface area (Å²) < 4.78 is 0. The number of nitrogens with one attached hydrogen (secondary N) is 1. The van der Waals surface area contributed by atoms with E-state index in [2.05, 4.69) is 32.3 Å². The first-order chi connectivity index (χ1) is 8.68. The van der Waals surface area contributed by atoms with Gasteiger partial charge in [-0.25, -0.2) is 0 Å². The van der Waals surface area contributed by atoms with Gasteiger partial charge in [0, 0.05) is 18.1 Å². The summed E-state index contributed by atoms with van der Waals surface area (Å²) in [6, 6.07) is 10.1. The molecule has 18 heavy (non-hydrogen) atoms. The molecule has 0 radical (unpaired) electrons. The van der Waals surface area contributed by atoms with Gasteiger partial charge in [0.1, 0.15) is 0 Å². The number of pyridine rings is 1. The molecule has 1 heterocycles. The fraction of sp³-hybridized carbons (Fsp3) is 0.286. The summed E-state index contributed by atoms with van der Waals surface area (Å²) >= 11 is 3.24. The number of para-hydroxylation sites is 1. The molecule has 0 aliphatic rings. The number of hydrogen-bond acceptors (Lipinski definition) is 2. The number of aromatic nitrogens is 1. The Hall–Kier alpha value is -1.42. The topological polar surface area (TPSA) is 42.0 Å². The number of fused-ring (bicyclic) bond motifs is 1. The molecule has 1 amide bonds. The second kappa shape index (κ2) is 5.96. The molecule has 1 aromatic heterocycles. The SMILES string of the molecule is CC(Br)C(=O)NCCc1cccc2cccnc12. The molecule has 2 aromatic rings. The van der Waals surface area contributed by atoms with E-state index in [0.717, 1.165) is 22.9 Å². The van der Waals surface area contributed by atoms with E-state index in [1.54, 1.807) is 6.20 Å². The van der Waals surface area contributed by atoms with Crippen molar-refractivity contribution in [2.24, 2.45) is 0 Å². The van der Waals surface area contributed by atoms with Gasteiger partial charge in [-0.1, -0.05) is 40.2 Å². The maximum Gasteiger partial charge on any atom is 0.233 e. The van der Waals surface area contributed by atoms with Crippen LogP contribution in [0.25, 0.3) is 10.9 Å². The number of amides is 1. The molecular weight excluding hydrogens is 292 g/mol. The van der Waals surface area contributed by atoms with Gasteiger partial charge in [-0.05, 0) is 25.0 Å². The Morgan fingerprint density at radius 3 is 2.94 bits per heavy atom. The van der Waals surface area contributed by atoms with Crippen molar-refractivity contribution in [2.45, 2.75) is 18.2 Å². The predicted octanol–water partition coefficient (Wildman–Crippen LogP) is 2.68. The molecule has 0 aliphatic heterocycles. The molecular formula is C14H15BrN2O. The van der Waals surface area contributed by atoms with Gasteiger partial charge in [-0.2, -0.15) is 0 Å². The van der Waals surface area contributed by atoms with Gasteiger partial charge in [0.2, 0.25) is 5.91 Å². The van der Waals surface area contributed by atoms with Crippen molar-refractivity contribution in [1.29, 1.82) is 0 Å². The lowest BCUT2D eigenvalue weighted by molar-refractivity contribution is -0.120. The van der Waals surface area contributed by atoms with E-state index < -0.39 is 0 Å². The molecule has 1 unspecified atom stereocenters. The highest BCUT2D eigenvalue weighted by Crippen LogP contribution is 2.15. The van der Waals surface area contributed by atoms with Gasteiger partial charge in [0.25, 0.3) is 0 Å². The summed E-state index contributed by atoms with van der Waals surface area (Å²) in [4.78, 5) is 15.7. The molecule has 4 heteroatoms. The zero-order valence-electron chi connectivity index (χ0n) is 10.2. The lowest BCUT2D eigenvalue weighted by Crippen LogP contribution is -2.31. The van der Waals surface area contributed by atoms with Crippen LogP contribution in [-0.2, 0) is 11.2 Å². The van der Waals surface area contributed by atoms with Crippen molar-refractivity contribution in [3.63, 3.8) is 0 Å². The minimum absolute atomic E-state index is 0.0168. The number of carbonyl (C=O) groups excluding carboxylic acids is 1. The van der Waals surface area contributed by atoms with Crippen molar-refractivity contribution in [1.82, 2.24) is 10.3 Å². The van der Waals surface area contributed by atoms with Crippen LogP contribution in [-0.4, -0.2) is 22.3 Å². The lowest BCUT2D eigenvalue weighted by Gasteiger charge is -2.08. The highest BCUT2D eigenvalue weighted by Gasteiger charge is 2.07. The third-order valence-electron chi connectivity index (χ3n) is 2.77. The number of rotatable bonds is 4. The van der Waals surface area contributed by atoms with Crippen molar-refractivity contribution >= 4 is 32.7 Å². The Labute approximate surface area is 115 Å². The molecule has 0 aliphatic carbocycles. The molecule has 1 atom stereocenters. The third-order valence-corrected chi connectivity index (χ3v) is 3.19. The molecule has 3 nitrogen and oxygen atoms in total. The molecule has 0 spiro atoms. The fourth-order valence-electron chi connectivity index (χ4n) is 1.83. The van der Waals surface area contributed by atoms with Crippen molar-refractivity contribution in [3.8, 4) is 0 Å². The second-order valence-electron chi connectivity index (χ2n) is 4.15. The molecule has 0 saturated heterocycles. The molecule has 0 bridgehead atoms. The van der Waals surface area contributed by atoms with Crippen LogP contribution in [0.3, 0.4) is 0 Å². The molecule has 0 fully saturated rings. The lowest BCUT2D eigenvalue weighted by atomic mass is 10.1. The molecule has 1 N–H and O–H groups in total. The normalized spacial score (nSPS) is 12.3. The molecule has 2 rings (SSSR count). The first-order valence-electron chi connectivity index (χ1n) is 5.93. The summed E-state index contributed by atoms with van der Waals surface area (Å²) in [6.07, 6.45) is 2.59. The van der Waals surface area contributed by atoms with Crippen LogP contribution in [0.2, 0.25) is 0 Å². The average Bonchev–Trinajstić information content (AvgIpc) is 2.38. The highest BCUT2D eigenvalue weighted by atomic mass is 79.9. The van der Waals surface area contributed by atoms with Crippen molar-refractivity contribution in [2.75, 3.05) is 6.54 Å². The van der Waals surface area contributed by atoms with Crippen LogP contribution in [0, 0.1) is 0 Å². The van der Waals surface area contributed by atoms with Crippen LogP contribution in [0.1, 0.15) is 12.5 Å². The van der Waals surface area contributed by atoms with Crippen LogP contribution in [0.15, 0.2) is 36.5 Å². The maximum absolute atomic E-state index is 11.4. The molecule has 1 aromatic carbocycles. The Morgan fingerprint density at radius 2 is 2.17 bits per heavy atom. The summed E-state index contributed by atoms with van der Waals surface area (Å²) in [5, 5.41) is 4.02. The van der Waals surface area contributed by atoms with Crippen LogP contribution in [0.4, 0.5) is 0 Å². The Morgan fingerprint density at radius 1 is 1.39 bits per heavy atom. The number of halogens is 1. The van der Waals surface area contributed by atoms with Crippen LogP contribution in [0.5, 0.6) is 0 Å². The largest absolute Gasteiger partial charge is 0.355 e. The van der Waals surface area contributed by atoms with Gasteiger partial charge in [0.15, 0.2) is 0 Å². The van der Waals surface area contributed by atoms with Crippen molar-refractivity contribution in [3.05, 3.63) is 42.1 Å². The van der Waals surface area contributed by atoms with Gasteiger partial charge < -0.3 is 5.32 Å². The molecule has 0 saturated carbocycles. The van der Waals surface area contributed by atoms with Gasteiger partial charge in [-0.3, -0.25) is 9.78 Å². The highest BCUT2D eigenvalue weighted by molar-refractivity contribution is 9.10. The number of hydrogen-bond donors (Lipinski definition) is 1. The fourth-order valence-corrected chi connectivity index (χ4v) is 1.99. The van der Waals surface area contributed by atoms with E-state index in [1.165, 1.54) is 0 Å². The molecule has 94 valence electrons. The Kier molecular flexibility index (Phi) is 4.31. The Balaban J connectivity index is 2.06. The number of alkyl halides is 1. The van der Waals surface area contributed by atoms with Gasteiger partial charge in [-0.15, -0.1) is 0 Å². The Bertz CT molecular complexity index is 549. The first kappa shape index (κ1) is 13.0. The quantitative estimate of drug-likeness (QED) is 0.883. The minimum atomic E-state index is -0.150. The van der Waals surface area contributed by atoms with E-state index in [4.69, 9.17) is 0 Å². The third kappa shape index (κ3) is 3.07. The van der Waals surface area contributed by atoms with E-state index >= 15 is 0 Å². The van der Waals surface area contributed by atoms with E-state index in [-0.39, 0.29) is 10.7 Å². The van der Waals surface area contributed by atoms with E-state index in [9.17, 15) is 4.79 Å². The van der Waals surface area contributed by atoms with Gasteiger partial charge in [0.05, 0.1) is 10.3 Å².